The lowest BCUT2D eigenvalue weighted by atomic mass is 9.87. The van der Waals surface area contributed by atoms with E-state index in [0.717, 1.165) is 32.1 Å². The molecule has 2 aromatic rings. The van der Waals surface area contributed by atoms with Crippen LogP contribution in [0.2, 0.25) is 0 Å². The molecule has 2 fully saturated rings. The Morgan fingerprint density at radius 3 is 2.22 bits per heavy atom. The normalized spacial score (nSPS) is 22.8. The number of hydrogen-bond acceptors (Lipinski definition) is 9. The van der Waals surface area contributed by atoms with Crippen LogP contribution in [-0.4, -0.2) is 101 Å². The maximum atomic E-state index is 14.0. The Morgan fingerprint density at radius 2 is 1.52 bits per heavy atom. The molecule has 4 atom stereocenters. The predicted molar refractivity (Wildman–Crippen MR) is 193 cm³/mol. The number of aromatic nitrogens is 2. The number of rotatable bonds is 10. The van der Waals surface area contributed by atoms with Crippen LogP contribution in [0, 0.1) is 5.92 Å². The molecule has 292 valence electrons. The van der Waals surface area contributed by atoms with Gasteiger partial charge in [0.05, 0.1) is 19.4 Å². The largest absolute Gasteiger partial charge is 0.368 e. The number of carbonyl (C=O) groups is 8. The van der Waals surface area contributed by atoms with E-state index in [1.807, 2.05) is 0 Å². The lowest BCUT2D eigenvalue weighted by Gasteiger charge is -2.26. The SMILES string of the molecule is NC(=O)CNC(=O)[C@@H]1CCNC(=O)CC[C@H](NC(=O)CC2CCCCC2)C(=O)N[C@@H](Cc2cnc[nH]2)C(=O)N[C@H](Cc2ccccc2)C(=O)NCC(=O)N1. The Kier molecular flexibility index (Phi) is 15.9. The summed E-state index contributed by atoms with van der Waals surface area (Å²) >= 11 is 0. The van der Waals surface area contributed by atoms with Crippen LogP contribution in [0.4, 0.5) is 0 Å². The number of imidazole rings is 1. The number of amides is 8. The van der Waals surface area contributed by atoms with E-state index >= 15 is 0 Å². The van der Waals surface area contributed by atoms with E-state index in [1.165, 1.54) is 12.5 Å². The number of primary amides is 1. The van der Waals surface area contributed by atoms with Crippen molar-refractivity contribution in [3.05, 3.63) is 54.1 Å². The van der Waals surface area contributed by atoms with E-state index in [4.69, 9.17) is 5.73 Å². The Morgan fingerprint density at radius 1 is 0.796 bits per heavy atom. The van der Waals surface area contributed by atoms with Crippen molar-refractivity contribution < 1.29 is 38.4 Å². The average Bonchev–Trinajstić information content (AvgIpc) is 3.67. The van der Waals surface area contributed by atoms with Gasteiger partial charge in [-0.15, -0.1) is 0 Å². The second-order valence-corrected chi connectivity index (χ2v) is 13.6. The number of nitrogens with two attached hydrogens (primary N) is 1. The summed E-state index contributed by atoms with van der Waals surface area (Å²) in [6.45, 7) is -1.16. The van der Waals surface area contributed by atoms with Crippen molar-refractivity contribution >= 4 is 47.3 Å². The van der Waals surface area contributed by atoms with Gasteiger partial charge < -0.3 is 47.9 Å². The maximum absolute atomic E-state index is 14.0. The summed E-state index contributed by atoms with van der Waals surface area (Å²) in [7, 11) is 0. The van der Waals surface area contributed by atoms with Crippen LogP contribution in [-0.2, 0) is 51.2 Å². The zero-order valence-electron chi connectivity index (χ0n) is 30.1. The molecule has 1 saturated heterocycles. The molecule has 1 aromatic carbocycles. The minimum Gasteiger partial charge on any atom is -0.368 e. The number of nitrogens with zero attached hydrogens (tertiary/aromatic N) is 1. The van der Waals surface area contributed by atoms with Crippen molar-refractivity contribution in [2.45, 2.75) is 94.8 Å². The Bertz CT molecular complexity index is 1610. The van der Waals surface area contributed by atoms with Crippen molar-refractivity contribution in [3.8, 4) is 0 Å². The van der Waals surface area contributed by atoms with Gasteiger partial charge in [-0.25, -0.2) is 4.98 Å². The molecule has 1 saturated carbocycles. The summed E-state index contributed by atoms with van der Waals surface area (Å²) in [6.07, 6.45) is 7.61. The van der Waals surface area contributed by atoms with Gasteiger partial charge in [-0.2, -0.15) is 0 Å². The van der Waals surface area contributed by atoms with Crippen molar-refractivity contribution in [2.24, 2.45) is 11.7 Å². The van der Waals surface area contributed by atoms with Crippen LogP contribution in [0.5, 0.6) is 0 Å². The third kappa shape index (κ3) is 14.0. The molecular formula is C36H50N10O8. The predicted octanol–water partition coefficient (Wildman–Crippen LogP) is -1.88. The lowest BCUT2D eigenvalue weighted by molar-refractivity contribution is -0.134. The number of carbonyl (C=O) groups excluding carboxylic acids is 8. The monoisotopic (exact) mass is 750 g/mol. The van der Waals surface area contributed by atoms with E-state index in [9.17, 15) is 38.4 Å². The summed E-state index contributed by atoms with van der Waals surface area (Å²) in [5.74, 6) is -5.15. The van der Waals surface area contributed by atoms with Crippen LogP contribution >= 0.6 is 0 Å². The van der Waals surface area contributed by atoms with Gasteiger partial charge in [0.2, 0.25) is 47.3 Å². The Balaban J connectivity index is 1.61. The Hall–Kier alpha value is -5.81. The number of benzene rings is 1. The van der Waals surface area contributed by atoms with Gasteiger partial charge in [-0.05, 0) is 37.2 Å². The molecule has 10 N–H and O–H groups in total. The Labute approximate surface area is 312 Å². The first-order valence-electron chi connectivity index (χ1n) is 18.3. The minimum atomic E-state index is -1.25. The van der Waals surface area contributed by atoms with E-state index < -0.39 is 78.6 Å². The maximum Gasteiger partial charge on any atom is 0.243 e. The van der Waals surface area contributed by atoms with Gasteiger partial charge in [-0.1, -0.05) is 49.6 Å². The van der Waals surface area contributed by atoms with Crippen LogP contribution in [0.3, 0.4) is 0 Å². The molecule has 1 aromatic heterocycles. The van der Waals surface area contributed by atoms with E-state index in [-0.39, 0.29) is 56.9 Å². The lowest BCUT2D eigenvalue weighted by Crippen LogP contribution is -2.58. The summed E-state index contributed by atoms with van der Waals surface area (Å²) in [5.41, 5.74) is 6.34. The molecule has 0 radical (unpaired) electrons. The van der Waals surface area contributed by atoms with Crippen LogP contribution in [0.25, 0.3) is 0 Å². The highest BCUT2D eigenvalue weighted by Crippen LogP contribution is 2.26. The summed E-state index contributed by atoms with van der Waals surface area (Å²) in [5, 5.41) is 18.2. The average molecular weight is 751 g/mol. The van der Waals surface area contributed by atoms with E-state index in [1.54, 1.807) is 30.3 Å². The molecule has 18 nitrogen and oxygen atoms in total. The second-order valence-electron chi connectivity index (χ2n) is 13.6. The molecule has 1 aliphatic carbocycles. The van der Waals surface area contributed by atoms with Crippen LogP contribution < -0.4 is 43.0 Å². The fourth-order valence-corrected chi connectivity index (χ4v) is 6.43. The van der Waals surface area contributed by atoms with Gasteiger partial charge in [0.15, 0.2) is 0 Å². The number of H-pyrrole nitrogens is 1. The van der Waals surface area contributed by atoms with Crippen LogP contribution in [0.15, 0.2) is 42.9 Å². The number of nitrogens with one attached hydrogen (secondary N) is 8. The molecule has 0 unspecified atom stereocenters. The molecule has 0 bridgehead atoms. The van der Waals surface area contributed by atoms with Gasteiger partial charge >= 0.3 is 0 Å². The van der Waals surface area contributed by atoms with Crippen molar-refractivity contribution in [1.82, 2.24) is 47.2 Å². The first-order chi connectivity index (χ1) is 26.0. The highest BCUT2D eigenvalue weighted by Gasteiger charge is 2.32. The summed E-state index contributed by atoms with van der Waals surface area (Å²) < 4.78 is 0. The molecule has 4 rings (SSSR count). The van der Waals surface area contributed by atoms with Gasteiger partial charge in [0.25, 0.3) is 0 Å². The highest BCUT2D eigenvalue weighted by atomic mass is 16.2. The smallest absolute Gasteiger partial charge is 0.243 e. The van der Waals surface area contributed by atoms with Gasteiger partial charge in [0, 0.05) is 44.1 Å². The first kappa shape index (κ1) is 41.0. The minimum absolute atomic E-state index is 0.0243. The molecule has 54 heavy (non-hydrogen) atoms. The van der Waals surface area contributed by atoms with Crippen molar-refractivity contribution in [2.75, 3.05) is 19.6 Å². The van der Waals surface area contributed by atoms with E-state index in [0.29, 0.717) is 11.3 Å². The molecule has 18 heteroatoms. The zero-order valence-corrected chi connectivity index (χ0v) is 30.1. The number of hydrogen-bond donors (Lipinski definition) is 9. The van der Waals surface area contributed by atoms with Gasteiger partial charge in [0.1, 0.15) is 24.2 Å². The quantitative estimate of drug-likeness (QED) is 0.131. The first-order valence-corrected chi connectivity index (χ1v) is 18.3. The fraction of sp³-hybridized carbons (Fsp3) is 0.528. The summed E-state index contributed by atoms with van der Waals surface area (Å²) in [4.78, 5) is 112. The third-order valence-electron chi connectivity index (χ3n) is 9.31. The van der Waals surface area contributed by atoms with Crippen molar-refractivity contribution in [1.29, 1.82) is 0 Å². The molecular weight excluding hydrogens is 700 g/mol. The molecule has 1 aliphatic heterocycles. The molecule has 2 aliphatic rings. The van der Waals surface area contributed by atoms with E-state index in [2.05, 4.69) is 47.2 Å². The highest BCUT2D eigenvalue weighted by molar-refractivity contribution is 5.96. The second kappa shape index (κ2) is 21.0. The summed E-state index contributed by atoms with van der Waals surface area (Å²) in [6, 6.07) is 3.96. The van der Waals surface area contributed by atoms with Crippen molar-refractivity contribution in [3.63, 3.8) is 0 Å². The standard InChI is InChI=1S/C36H50N10O8/c37-29(47)19-40-33(51)26-13-14-39-30(48)12-11-25(43-31(49)16-23-9-5-2-6-10-23)35(53)46-28(17-24-18-38-21-42-24)36(54)45-27(15-22-7-3-1-4-8-22)34(52)41-20-32(50)44-26/h1,3-4,7-8,18,21,23,25-28H,2,5-6,9-17,19-20H2,(H2,37,47)(H,38,42)(H,39,48)(H,40,51)(H,41,52)(H,43,49)(H,44,50)(H,45,54)(H,46,53)/t25-,26-,27+,28-/m0/s1. The number of aromatic amines is 1. The third-order valence-corrected chi connectivity index (χ3v) is 9.31. The zero-order chi connectivity index (χ0) is 38.9. The topological polar surface area (TPSA) is 275 Å². The van der Waals surface area contributed by atoms with Gasteiger partial charge in [-0.3, -0.25) is 38.4 Å². The van der Waals surface area contributed by atoms with Crippen LogP contribution in [0.1, 0.15) is 69.0 Å². The molecule has 0 spiro atoms. The fourth-order valence-electron chi connectivity index (χ4n) is 6.43. The molecule has 8 amide bonds. The molecule has 2 heterocycles.